The summed E-state index contributed by atoms with van der Waals surface area (Å²) < 4.78 is 0. The van der Waals surface area contributed by atoms with Crippen LogP contribution in [0.4, 0.5) is 0 Å². The van der Waals surface area contributed by atoms with Gasteiger partial charge >= 0.3 is 0 Å². The Kier molecular flexibility index (Phi) is 4.32. The molecule has 2 heterocycles. The monoisotopic (exact) mass is 239 g/mol. The molecule has 1 saturated heterocycles. The van der Waals surface area contributed by atoms with Gasteiger partial charge in [0.05, 0.1) is 6.54 Å². The number of piperidine rings is 1. The average molecular weight is 239 g/mol. The van der Waals surface area contributed by atoms with Crippen LogP contribution in [0.15, 0.2) is 11.6 Å². The van der Waals surface area contributed by atoms with Crippen LogP contribution < -0.4 is 5.32 Å². The highest BCUT2D eigenvalue weighted by molar-refractivity contribution is 7.09. The predicted octanol–water partition coefficient (Wildman–Crippen LogP) is 1.96. The molecule has 1 aliphatic heterocycles. The maximum atomic E-state index is 4.35. The summed E-state index contributed by atoms with van der Waals surface area (Å²) in [5.74, 6) is 0.744. The molecule has 1 fully saturated rings. The Morgan fingerprint density at radius 2 is 2.50 bits per heavy atom. The fraction of sp³-hybridized carbons (Fsp3) is 0.750. The Morgan fingerprint density at radius 1 is 1.62 bits per heavy atom. The minimum atomic E-state index is 0.706. The summed E-state index contributed by atoms with van der Waals surface area (Å²) in [6, 6.07) is 0.706. The molecule has 0 aromatic carbocycles. The molecule has 1 aliphatic rings. The van der Waals surface area contributed by atoms with Crippen LogP contribution in [0, 0.1) is 5.92 Å². The van der Waals surface area contributed by atoms with Crippen LogP contribution in [0.1, 0.15) is 25.3 Å². The first-order chi connectivity index (χ1) is 7.79. The lowest BCUT2D eigenvalue weighted by Gasteiger charge is -2.36. The molecule has 1 aromatic heterocycles. The summed E-state index contributed by atoms with van der Waals surface area (Å²) in [6.45, 7) is 9.04. The fourth-order valence-corrected chi connectivity index (χ4v) is 3.12. The van der Waals surface area contributed by atoms with Gasteiger partial charge in [-0.3, -0.25) is 4.90 Å². The number of nitrogens with zero attached hydrogens (tertiary/aromatic N) is 2. The van der Waals surface area contributed by atoms with Crippen LogP contribution in [0.2, 0.25) is 0 Å². The summed E-state index contributed by atoms with van der Waals surface area (Å²) in [4.78, 5) is 6.88. The van der Waals surface area contributed by atoms with Crippen molar-refractivity contribution >= 4 is 11.3 Å². The first-order valence-corrected chi connectivity index (χ1v) is 7.01. The van der Waals surface area contributed by atoms with Crippen molar-refractivity contribution in [2.24, 2.45) is 5.92 Å². The zero-order valence-electron chi connectivity index (χ0n) is 10.1. The largest absolute Gasteiger partial charge is 0.314 e. The Labute approximate surface area is 102 Å². The highest BCUT2D eigenvalue weighted by Crippen LogP contribution is 2.19. The first kappa shape index (κ1) is 12.0. The van der Waals surface area contributed by atoms with Crippen LogP contribution in [-0.4, -0.2) is 35.6 Å². The van der Waals surface area contributed by atoms with Gasteiger partial charge in [0, 0.05) is 30.7 Å². The summed E-state index contributed by atoms with van der Waals surface area (Å²) >= 11 is 1.76. The molecule has 2 atom stereocenters. The first-order valence-electron chi connectivity index (χ1n) is 6.13. The predicted molar refractivity (Wildman–Crippen MR) is 68.6 cm³/mol. The van der Waals surface area contributed by atoms with Crippen molar-refractivity contribution in [3.63, 3.8) is 0 Å². The minimum Gasteiger partial charge on any atom is -0.314 e. The summed E-state index contributed by atoms with van der Waals surface area (Å²) in [7, 11) is 0. The standard InChI is InChI=1S/C12H21N3S/c1-3-13-11-4-6-15(8-10(11)2)9-12-14-5-7-16-12/h5,7,10-11,13H,3-4,6,8-9H2,1-2H3. The van der Waals surface area contributed by atoms with Gasteiger partial charge in [-0.05, 0) is 18.9 Å². The van der Waals surface area contributed by atoms with Gasteiger partial charge in [0.15, 0.2) is 0 Å². The van der Waals surface area contributed by atoms with E-state index in [9.17, 15) is 0 Å². The van der Waals surface area contributed by atoms with Crippen LogP contribution >= 0.6 is 11.3 Å². The van der Waals surface area contributed by atoms with E-state index in [4.69, 9.17) is 0 Å². The van der Waals surface area contributed by atoms with Crippen molar-refractivity contribution in [1.29, 1.82) is 0 Å². The Balaban J connectivity index is 1.82. The lowest BCUT2D eigenvalue weighted by Crippen LogP contribution is -2.47. The second-order valence-electron chi connectivity index (χ2n) is 4.59. The third kappa shape index (κ3) is 3.03. The second kappa shape index (κ2) is 5.75. The number of aromatic nitrogens is 1. The van der Waals surface area contributed by atoms with E-state index in [-0.39, 0.29) is 0 Å². The van der Waals surface area contributed by atoms with E-state index in [0.29, 0.717) is 6.04 Å². The zero-order valence-corrected chi connectivity index (χ0v) is 11.0. The quantitative estimate of drug-likeness (QED) is 0.870. The Bertz CT molecular complexity index is 299. The highest BCUT2D eigenvalue weighted by atomic mass is 32.1. The molecule has 1 aromatic rings. The molecule has 0 spiro atoms. The third-order valence-corrected chi connectivity index (χ3v) is 4.06. The van der Waals surface area contributed by atoms with Crippen molar-refractivity contribution in [3.05, 3.63) is 16.6 Å². The average Bonchev–Trinajstić information content (AvgIpc) is 2.75. The molecule has 90 valence electrons. The third-order valence-electron chi connectivity index (χ3n) is 3.30. The van der Waals surface area contributed by atoms with E-state index in [0.717, 1.165) is 19.0 Å². The maximum Gasteiger partial charge on any atom is 0.107 e. The van der Waals surface area contributed by atoms with Crippen molar-refractivity contribution in [1.82, 2.24) is 15.2 Å². The molecule has 3 nitrogen and oxygen atoms in total. The van der Waals surface area contributed by atoms with E-state index in [1.54, 1.807) is 11.3 Å². The summed E-state index contributed by atoms with van der Waals surface area (Å²) in [5.41, 5.74) is 0. The second-order valence-corrected chi connectivity index (χ2v) is 5.57. The molecular formula is C12H21N3S. The van der Waals surface area contributed by atoms with Crippen LogP contribution in [-0.2, 0) is 6.54 Å². The number of nitrogens with one attached hydrogen (secondary N) is 1. The highest BCUT2D eigenvalue weighted by Gasteiger charge is 2.25. The SMILES string of the molecule is CCNC1CCN(Cc2nccs2)CC1C. The Morgan fingerprint density at radius 3 is 3.12 bits per heavy atom. The number of hydrogen-bond donors (Lipinski definition) is 1. The Hall–Kier alpha value is -0.450. The lowest BCUT2D eigenvalue weighted by molar-refractivity contribution is 0.142. The van der Waals surface area contributed by atoms with E-state index < -0.39 is 0 Å². The summed E-state index contributed by atoms with van der Waals surface area (Å²) in [5, 5.41) is 6.88. The fourth-order valence-electron chi connectivity index (χ4n) is 2.46. The van der Waals surface area contributed by atoms with E-state index >= 15 is 0 Å². The zero-order chi connectivity index (χ0) is 11.4. The number of thiazole rings is 1. The lowest BCUT2D eigenvalue weighted by atomic mass is 9.94. The molecule has 0 bridgehead atoms. The van der Waals surface area contributed by atoms with Gasteiger partial charge in [0.25, 0.3) is 0 Å². The van der Waals surface area contributed by atoms with Gasteiger partial charge < -0.3 is 5.32 Å². The van der Waals surface area contributed by atoms with Gasteiger partial charge in [-0.25, -0.2) is 4.98 Å². The maximum absolute atomic E-state index is 4.35. The molecule has 1 N–H and O–H groups in total. The number of likely N-dealkylation sites (tertiary alicyclic amines) is 1. The molecule has 4 heteroatoms. The van der Waals surface area contributed by atoms with Crippen LogP contribution in [0.3, 0.4) is 0 Å². The molecular weight excluding hydrogens is 218 g/mol. The van der Waals surface area contributed by atoms with Crippen molar-refractivity contribution < 1.29 is 0 Å². The van der Waals surface area contributed by atoms with Gasteiger partial charge in [-0.2, -0.15) is 0 Å². The van der Waals surface area contributed by atoms with Gasteiger partial charge in [-0.15, -0.1) is 11.3 Å². The molecule has 2 unspecified atom stereocenters. The molecule has 16 heavy (non-hydrogen) atoms. The molecule has 0 saturated carbocycles. The minimum absolute atomic E-state index is 0.706. The van der Waals surface area contributed by atoms with Gasteiger partial charge in [-0.1, -0.05) is 13.8 Å². The van der Waals surface area contributed by atoms with Crippen LogP contribution in [0.25, 0.3) is 0 Å². The van der Waals surface area contributed by atoms with Gasteiger partial charge in [0.1, 0.15) is 5.01 Å². The van der Waals surface area contributed by atoms with E-state index in [1.807, 2.05) is 6.20 Å². The molecule has 0 aliphatic carbocycles. The molecule has 0 amide bonds. The van der Waals surface area contributed by atoms with E-state index in [1.165, 1.54) is 24.5 Å². The number of hydrogen-bond acceptors (Lipinski definition) is 4. The topological polar surface area (TPSA) is 28.2 Å². The smallest absolute Gasteiger partial charge is 0.107 e. The van der Waals surface area contributed by atoms with E-state index in [2.05, 4.69) is 34.4 Å². The molecule has 0 radical (unpaired) electrons. The van der Waals surface area contributed by atoms with Crippen molar-refractivity contribution in [2.75, 3.05) is 19.6 Å². The normalized spacial score (nSPS) is 27.1. The van der Waals surface area contributed by atoms with Gasteiger partial charge in [0.2, 0.25) is 0 Å². The summed E-state index contributed by atoms with van der Waals surface area (Å²) in [6.07, 6.45) is 3.16. The van der Waals surface area contributed by atoms with Crippen LogP contribution in [0.5, 0.6) is 0 Å². The number of rotatable bonds is 4. The van der Waals surface area contributed by atoms with Crippen molar-refractivity contribution in [2.45, 2.75) is 32.9 Å². The van der Waals surface area contributed by atoms with Crippen molar-refractivity contribution in [3.8, 4) is 0 Å². The molecule has 2 rings (SSSR count).